The summed E-state index contributed by atoms with van der Waals surface area (Å²) in [5.41, 5.74) is 1.15. The van der Waals surface area contributed by atoms with Crippen LogP contribution in [-0.2, 0) is 6.42 Å². The zero-order valence-electron chi connectivity index (χ0n) is 15.1. The Hall–Kier alpha value is -2.87. The Kier molecular flexibility index (Phi) is 5.69. The quantitative estimate of drug-likeness (QED) is 0.332. The highest BCUT2D eigenvalue weighted by Crippen LogP contribution is 2.28. The van der Waals surface area contributed by atoms with Crippen LogP contribution in [0.15, 0.2) is 48.5 Å². The molecule has 0 atom stereocenters. The van der Waals surface area contributed by atoms with Crippen molar-refractivity contribution in [3.8, 4) is 23.0 Å². The number of benzene rings is 3. The summed E-state index contributed by atoms with van der Waals surface area (Å²) >= 11 is 0. The summed E-state index contributed by atoms with van der Waals surface area (Å²) < 4.78 is 64.8. The van der Waals surface area contributed by atoms with E-state index in [9.17, 15) is 22.0 Å². The molecule has 0 aromatic heterocycles. The molecule has 0 aliphatic carbocycles. The predicted octanol–water partition coefficient (Wildman–Crippen LogP) is 7.04. The zero-order valence-corrected chi connectivity index (χ0v) is 15.1. The molecule has 0 spiro atoms. The Balaban J connectivity index is 1.96. The van der Waals surface area contributed by atoms with E-state index in [2.05, 4.69) is 13.0 Å². The molecule has 0 saturated heterocycles. The summed E-state index contributed by atoms with van der Waals surface area (Å²) in [5, 5.41) is 1.94. The number of hydrogen-bond donors (Lipinski definition) is 0. The normalized spacial score (nSPS) is 11.4. The van der Waals surface area contributed by atoms with Crippen molar-refractivity contribution in [2.75, 3.05) is 0 Å². The first-order valence-corrected chi connectivity index (χ1v) is 8.89. The Labute approximate surface area is 160 Å². The molecule has 0 saturated carbocycles. The summed E-state index contributed by atoms with van der Waals surface area (Å²) in [5.74, 6) is 0.174. The minimum atomic E-state index is -4.81. The van der Waals surface area contributed by atoms with E-state index >= 15 is 0 Å². The molecule has 0 amide bonds. The van der Waals surface area contributed by atoms with Crippen molar-refractivity contribution in [2.24, 2.45) is 0 Å². The van der Waals surface area contributed by atoms with Crippen LogP contribution in [0.4, 0.5) is 22.0 Å². The van der Waals surface area contributed by atoms with Gasteiger partial charge in [0, 0.05) is 5.92 Å². The Morgan fingerprint density at radius 2 is 1.46 bits per heavy atom. The highest BCUT2D eigenvalue weighted by molar-refractivity contribution is 5.88. The van der Waals surface area contributed by atoms with Gasteiger partial charge in [-0.05, 0) is 58.5 Å². The third-order valence-electron chi connectivity index (χ3n) is 4.43. The number of halogens is 5. The molecule has 0 bridgehead atoms. The average molecular weight is 388 g/mol. The van der Waals surface area contributed by atoms with Crippen LogP contribution in [0, 0.1) is 23.5 Å². The molecule has 3 aromatic carbocycles. The molecule has 28 heavy (non-hydrogen) atoms. The van der Waals surface area contributed by atoms with Crippen molar-refractivity contribution >= 4 is 10.8 Å². The fourth-order valence-corrected chi connectivity index (χ4v) is 3.00. The van der Waals surface area contributed by atoms with Crippen LogP contribution in [-0.4, -0.2) is 6.18 Å². The van der Waals surface area contributed by atoms with Gasteiger partial charge in [0.25, 0.3) is 0 Å². The summed E-state index contributed by atoms with van der Waals surface area (Å²) in [6, 6.07) is 13.5. The number of fused-ring (bicyclic) bond motifs is 1. The van der Waals surface area contributed by atoms with Crippen molar-refractivity contribution in [2.45, 2.75) is 32.4 Å². The first-order chi connectivity index (χ1) is 13.3. The molecule has 3 rings (SSSR count). The van der Waals surface area contributed by atoms with E-state index in [0.29, 0.717) is 5.56 Å². The lowest BCUT2D eigenvalue weighted by Crippen LogP contribution is -2.02. The van der Waals surface area contributed by atoms with E-state index in [1.807, 2.05) is 18.2 Å². The molecule has 0 unspecified atom stereocenters. The molecule has 0 nitrogen and oxygen atoms in total. The highest BCUT2D eigenvalue weighted by Gasteiger charge is 2.23. The smallest absolute Gasteiger partial charge is 0.205 e. The van der Waals surface area contributed by atoms with Gasteiger partial charge in [-0.2, -0.15) is 13.2 Å². The molecule has 0 radical (unpaired) electrons. The Bertz CT molecular complexity index is 1040. The maximum atomic E-state index is 14.1. The molecular weight excluding hydrogens is 371 g/mol. The number of aryl methyl sites for hydroxylation is 1. The Morgan fingerprint density at radius 3 is 2.11 bits per heavy atom. The van der Waals surface area contributed by atoms with Gasteiger partial charge in [0.2, 0.25) is 0 Å². The van der Waals surface area contributed by atoms with Crippen molar-refractivity contribution in [3.63, 3.8) is 0 Å². The second-order valence-electron chi connectivity index (χ2n) is 6.56. The second-order valence-corrected chi connectivity index (χ2v) is 6.56. The molecule has 0 aliphatic heterocycles. The van der Waals surface area contributed by atoms with Crippen molar-refractivity contribution in [1.82, 2.24) is 0 Å². The maximum Gasteiger partial charge on any atom is 0.458 e. The average Bonchev–Trinajstić information content (AvgIpc) is 2.64. The van der Waals surface area contributed by atoms with E-state index in [4.69, 9.17) is 0 Å². The van der Waals surface area contributed by atoms with Crippen LogP contribution in [0.2, 0.25) is 0 Å². The molecule has 3 aromatic rings. The van der Waals surface area contributed by atoms with Gasteiger partial charge in [0.15, 0.2) is 0 Å². The topological polar surface area (TPSA) is 0 Å². The van der Waals surface area contributed by atoms with Crippen LogP contribution >= 0.6 is 0 Å². The monoisotopic (exact) mass is 388 g/mol. The van der Waals surface area contributed by atoms with Crippen LogP contribution in [0.25, 0.3) is 21.9 Å². The zero-order chi connectivity index (χ0) is 20.3. The first kappa shape index (κ1) is 19.9. The molecule has 0 heterocycles. The molecule has 0 fully saturated rings. The van der Waals surface area contributed by atoms with Crippen molar-refractivity contribution in [3.05, 3.63) is 71.3 Å². The van der Waals surface area contributed by atoms with Crippen LogP contribution in [0.3, 0.4) is 0 Å². The number of hydrogen-bond acceptors (Lipinski definition) is 0. The largest absolute Gasteiger partial charge is 0.458 e. The molecule has 0 aliphatic rings. The standard InChI is InChI=1S/C23H17F5/c1-2-3-4-15-5-6-17-12-18(8-7-16(17)11-15)19-13-21(24)20(22(25)14-19)9-10-23(26,27)28/h5-8,11-14H,2-4H2,1H3. The highest BCUT2D eigenvalue weighted by atomic mass is 19.4. The fraction of sp³-hybridized carbons (Fsp3) is 0.217. The third-order valence-corrected chi connectivity index (χ3v) is 4.43. The molecular formula is C23H17F5. The van der Waals surface area contributed by atoms with Crippen LogP contribution in [0.5, 0.6) is 0 Å². The lowest BCUT2D eigenvalue weighted by molar-refractivity contribution is -0.0696. The van der Waals surface area contributed by atoms with Crippen molar-refractivity contribution in [1.29, 1.82) is 0 Å². The molecule has 5 heteroatoms. The van der Waals surface area contributed by atoms with E-state index < -0.39 is 23.4 Å². The van der Waals surface area contributed by atoms with Gasteiger partial charge in [0.1, 0.15) is 11.6 Å². The predicted molar refractivity (Wildman–Crippen MR) is 101 cm³/mol. The Morgan fingerprint density at radius 1 is 0.821 bits per heavy atom. The lowest BCUT2D eigenvalue weighted by atomic mass is 9.97. The summed E-state index contributed by atoms with van der Waals surface area (Å²) in [7, 11) is 0. The van der Waals surface area contributed by atoms with Gasteiger partial charge in [-0.1, -0.05) is 49.6 Å². The van der Waals surface area contributed by atoms with E-state index in [1.54, 1.807) is 12.1 Å². The number of rotatable bonds is 4. The maximum absolute atomic E-state index is 14.1. The van der Waals surface area contributed by atoms with E-state index in [0.717, 1.165) is 48.1 Å². The number of alkyl halides is 3. The first-order valence-electron chi connectivity index (χ1n) is 8.89. The summed E-state index contributed by atoms with van der Waals surface area (Å²) in [6.07, 6.45) is -1.61. The van der Waals surface area contributed by atoms with Gasteiger partial charge >= 0.3 is 6.18 Å². The van der Waals surface area contributed by atoms with Gasteiger partial charge in [0.05, 0.1) is 5.56 Å². The van der Waals surface area contributed by atoms with Crippen LogP contribution in [0.1, 0.15) is 30.9 Å². The summed E-state index contributed by atoms with van der Waals surface area (Å²) in [6.45, 7) is 2.13. The van der Waals surface area contributed by atoms with E-state index in [1.165, 1.54) is 11.5 Å². The van der Waals surface area contributed by atoms with Gasteiger partial charge in [-0.3, -0.25) is 0 Å². The second kappa shape index (κ2) is 8.02. The van der Waals surface area contributed by atoms with Gasteiger partial charge < -0.3 is 0 Å². The van der Waals surface area contributed by atoms with Gasteiger partial charge in [-0.15, -0.1) is 0 Å². The van der Waals surface area contributed by atoms with Crippen molar-refractivity contribution < 1.29 is 22.0 Å². The third kappa shape index (κ3) is 4.69. The van der Waals surface area contributed by atoms with E-state index in [-0.39, 0.29) is 5.56 Å². The molecule has 144 valence electrons. The lowest BCUT2D eigenvalue weighted by Gasteiger charge is -2.08. The minimum absolute atomic E-state index is 0.240. The molecule has 0 N–H and O–H groups in total. The van der Waals surface area contributed by atoms with Crippen LogP contribution < -0.4 is 0 Å². The summed E-state index contributed by atoms with van der Waals surface area (Å²) in [4.78, 5) is 0. The SMILES string of the molecule is CCCCc1ccc2cc(-c3cc(F)c(C#CC(F)(F)F)c(F)c3)ccc2c1. The van der Waals surface area contributed by atoms with Gasteiger partial charge in [-0.25, -0.2) is 8.78 Å². The minimum Gasteiger partial charge on any atom is -0.205 e. The fourth-order valence-electron chi connectivity index (χ4n) is 3.00. The number of unbranched alkanes of at least 4 members (excludes halogenated alkanes) is 1.